The second-order valence-electron chi connectivity index (χ2n) is 2.50. The minimum absolute atomic E-state index is 0.0757. The molecule has 0 aromatic rings. The summed E-state index contributed by atoms with van der Waals surface area (Å²) in [6, 6.07) is 0. The van der Waals surface area contributed by atoms with Gasteiger partial charge in [-0.05, 0) is 13.0 Å². The van der Waals surface area contributed by atoms with Crippen LogP contribution in [0.5, 0.6) is 0 Å². The van der Waals surface area contributed by atoms with Crippen molar-refractivity contribution in [3.8, 4) is 12.3 Å². The summed E-state index contributed by atoms with van der Waals surface area (Å²) in [6.07, 6.45) is 6.34. The van der Waals surface area contributed by atoms with E-state index in [0.29, 0.717) is 25.3 Å². The van der Waals surface area contributed by atoms with E-state index in [1.807, 2.05) is 0 Å². The summed E-state index contributed by atoms with van der Waals surface area (Å²) in [6.45, 7) is 1.26. The molecule has 0 rings (SSSR count). The van der Waals surface area contributed by atoms with Gasteiger partial charge in [0, 0.05) is 18.7 Å². The van der Waals surface area contributed by atoms with Crippen molar-refractivity contribution in [2.45, 2.75) is 12.8 Å². The Labute approximate surface area is 83.8 Å². The number of hydrogen-bond donors (Lipinski definition) is 2. The lowest BCUT2D eigenvalue weighted by atomic mass is 10.3. The van der Waals surface area contributed by atoms with Gasteiger partial charge in [-0.3, -0.25) is 4.79 Å². The fourth-order valence-corrected chi connectivity index (χ4v) is 1.25. The Morgan fingerprint density at radius 1 is 1.62 bits per heavy atom. The van der Waals surface area contributed by atoms with E-state index in [4.69, 9.17) is 12.2 Å². The summed E-state index contributed by atoms with van der Waals surface area (Å²) in [5.74, 6) is 4.18. The predicted octanol–water partition coefficient (Wildman–Crippen LogP) is 0.208. The summed E-state index contributed by atoms with van der Waals surface area (Å²) in [5, 5.41) is 2.79. The smallest absolute Gasteiger partial charge is 0.220 e. The minimum atomic E-state index is 0.0757. The van der Waals surface area contributed by atoms with Gasteiger partial charge in [0.1, 0.15) is 0 Å². The van der Waals surface area contributed by atoms with Crippen molar-refractivity contribution in [3.05, 3.63) is 0 Å². The monoisotopic (exact) mass is 200 g/mol. The molecule has 4 heteroatoms. The molecule has 0 aliphatic heterocycles. The molecule has 13 heavy (non-hydrogen) atoms. The Bertz CT molecular complexity index is 177. The maximum Gasteiger partial charge on any atom is 0.220 e. The van der Waals surface area contributed by atoms with Gasteiger partial charge in [-0.25, -0.2) is 0 Å². The lowest BCUT2D eigenvalue weighted by Crippen LogP contribution is -2.26. The van der Waals surface area contributed by atoms with Crippen LogP contribution in [-0.2, 0) is 4.79 Å². The van der Waals surface area contributed by atoms with Crippen molar-refractivity contribution in [2.24, 2.45) is 5.73 Å². The molecule has 0 saturated carbocycles. The van der Waals surface area contributed by atoms with Gasteiger partial charge < -0.3 is 11.1 Å². The SMILES string of the molecule is C#CCSCCNC(=O)CCCN. The van der Waals surface area contributed by atoms with Crippen molar-refractivity contribution in [1.29, 1.82) is 0 Å². The molecule has 0 unspecified atom stereocenters. The van der Waals surface area contributed by atoms with E-state index in [1.54, 1.807) is 11.8 Å². The van der Waals surface area contributed by atoms with Crippen LogP contribution in [0.1, 0.15) is 12.8 Å². The number of thioether (sulfide) groups is 1. The highest BCUT2D eigenvalue weighted by Crippen LogP contribution is 1.95. The Balaban J connectivity index is 3.13. The zero-order chi connectivity index (χ0) is 9.94. The third kappa shape index (κ3) is 9.25. The fraction of sp³-hybridized carbons (Fsp3) is 0.667. The molecule has 0 atom stereocenters. The molecule has 0 radical (unpaired) electrons. The normalized spacial score (nSPS) is 9.23. The van der Waals surface area contributed by atoms with Crippen molar-refractivity contribution in [3.63, 3.8) is 0 Å². The van der Waals surface area contributed by atoms with Crippen LogP contribution in [0, 0.1) is 12.3 Å². The molecule has 0 aliphatic carbocycles. The van der Waals surface area contributed by atoms with Crippen LogP contribution in [0.4, 0.5) is 0 Å². The zero-order valence-corrected chi connectivity index (χ0v) is 8.53. The van der Waals surface area contributed by atoms with Gasteiger partial charge in [-0.15, -0.1) is 18.2 Å². The third-order valence-corrected chi connectivity index (χ3v) is 2.23. The first-order valence-electron chi connectivity index (χ1n) is 4.29. The molecule has 0 aromatic heterocycles. The van der Waals surface area contributed by atoms with E-state index in [2.05, 4.69) is 11.2 Å². The number of nitrogens with two attached hydrogens (primary N) is 1. The van der Waals surface area contributed by atoms with Gasteiger partial charge in [0.25, 0.3) is 0 Å². The Morgan fingerprint density at radius 3 is 3.00 bits per heavy atom. The quantitative estimate of drug-likeness (QED) is 0.456. The molecule has 3 nitrogen and oxygen atoms in total. The average molecular weight is 200 g/mol. The van der Waals surface area contributed by atoms with Crippen LogP contribution >= 0.6 is 11.8 Å². The molecular formula is C9H16N2OS. The first-order valence-corrected chi connectivity index (χ1v) is 5.44. The highest BCUT2D eigenvalue weighted by Gasteiger charge is 1.97. The first-order chi connectivity index (χ1) is 6.31. The van der Waals surface area contributed by atoms with Crippen molar-refractivity contribution in [2.75, 3.05) is 24.6 Å². The molecule has 0 heterocycles. The summed E-state index contributed by atoms with van der Waals surface area (Å²) in [5.41, 5.74) is 5.26. The van der Waals surface area contributed by atoms with Crippen molar-refractivity contribution < 1.29 is 4.79 Å². The summed E-state index contributed by atoms with van der Waals surface area (Å²) in [4.78, 5) is 11.0. The Hall–Kier alpha value is -0.660. The van der Waals surface area contributed by atoms with Crippen LogP contribution in [0.2, 0.25) is 0 Å². The average Bonchev–Trinajstić information content (AvgIpc) is 2.14. The van der Waals surface area contributed by atoms with E-state index < -0.39 is 0 Å². The van der Waals surface area contributed by atoms with Crippen LogP contribution in [0.15, 0.2) is 0 Å². The number of rotatable bonds is 7. The number of terminal acetylenes is 1. The third-order valence-electron chi connectivity index (χ3n) is 1.36. The van der Waals surface area contributed by atoms with E-state index in [0.717, 1.165) is 12.2 Å². The van der Waals surface area contributed by atoms with E-state index in [-0.39, 0.29) is 5.91 Å². The van der Waals surface area contributed by atoms with Crippen molar-refractivity contribution in [1.82, 2.24) is 5.32 Å². The van der Waals surface area contributed by atoms with E-state index in [1.165, 1.54) is 0 Å². The van der Waals surface area contributed by atoms with Crippen LogP contribution < -0.4 is 11.1 Å². The van der Waals surface area contributed by atoms with Gasteiger partial charge in [-0.2, -0.15) is 0 Å². The van der Waals surface area contributed by atoms with E-state index >= 15 is 0 Å². The van der Waals surface area contributed by atoms with Crippen LogP contribution in [0.3, 0.4) is 0 Å². The van der Waals surface area contributed by atoms with Crippen molar-refractivity contribution >= 4 is 17.7 Å². The standard InChI is InChI=1S/C9H16N2OS/c1-2-7-13-8-6-11-9(12)4-3-5-10/h1H,3-8,10H2,(H,11,12). The summed E-state index contributed by atoms with van der Waals surface area (Å²) < 4.78 is 0. The molecular weight excluding hydrogens is 184 g/mol. The summed E-state index contributed by atoms with van der Waals surface area (Å²) >= 11 is 1.64. The van der Waals surface area contributed by atoms with Gasteiger partial charge >= 0.3 is 0 Å². The van der Waals surface area contributed by atoms with Gasteiger partial charge in [0.05, 0.1) is 5.75 Å². The Kier molecular flexibility index (Phi) is 8.95. The summed E-state index contributed by atoms with van der Waals surface area (Å²) in [7, 11) is 0. The zero-order valence-electron chi connectivity index (χ0n) is 7.71. The highest BCUT2D eigenvalue weighted by molar-refractivity contribution is 7.99. The topological polar surface area (TPSA) is 55.1 Å². The second-order valence-corrected chi connectivity index (χ2v) is 3.60. The molecule has 3 N–H and O–H groups in total. The van der Waals surface area contributed by atoms with Crippen LogP contribution in [-0.4, -0.2) is 30.5 Å². The van der Waals surface area contributed by atoms with E-state index in [9.17, 15) is 4.79 Å². The highest BCUT2D eigenvalue weighted by atomic mass is 32.2. The molecule has 0 spiro atoms. The van der Waals surface area contributed by atoms with Gasteiger partial charge in [0.15, 0.2) is 0 Å². The lowest BCUT2D eigenvalue weighted by molar-refractivity contribution is -0.121. The maximum absolute atomic E-state index is 11.0. The molecule has 0 aromatic carbocycles. The lowest BCUT2D eigenvalue weighted by Gasteiger charge is -2.02. The fourth-order valence-electron chi connectivity index (χ4n) is 0.745. The largest absolute Gasteiger partial charge is 0.355 e. The molecule has 1 amide bonds. The molecule has 0 bridgehead atoms. The number of carbonyl (C=O) groups excluding carboxylic acids is 1. The molecule has 0 fully saturated rings. The first kappa shape index (κ1) is 12.3. The molecule has 0 aliphatic rings. The Morgan fingerprint density at radius 2 is 2.38 bits per heavy atom. The maximum atomic E-state index is 11.0. The number of nitrogens with one attached hydrogen (secondary N) is 1. The van der Waals surface area contributed by atoms with Crippen LogP contribution in [0.25, 0.3) is 0 Å². The van der Waals surface area contributed by atoms with Gasteiger partial charge in [-0.1, -0.05) is 5.92 Å². The predicted molar refractivity (Wildman–Crippen MR) is 57.5 cm³/mol. The minimum Gasteiger partial charge on any atom is -0.355 e. The number of amides is 1. The number of carbonyl (C=O) groups is 1. The second kappa shape index (κ2) is 9.43. The number of hydrogen-bond acceptors (Lipinski definition) is 3. The molecule has 0 saturated heterocycles. The van der Waals surface area contributed by atoms with Gasteiger partial charge in [0.2, 0.25) is 5.91 Å². The molecule has 74 valence electrons.